The molecule has 164 valence electrons. The van der Waals surface area contributed by atoms with Crippen LogP contribution in [0.1, 0.15) is 43.7 Å². The van der Waals surface area contributed by atoms with Crippen LogP contribution >= 0.6 is 0 Å². The number of carboxylic acids is 1. The molecular formula is C24H28N2O5. The Morgan fingerprint density at radius 2 is 1.61 bits per heavy atom. The van der Waals surface area contributed by atoms with Crippen LogP contribution in [0.3, 0.4) is 0 Å². The molecule has 0 heterocycles. The highest BCUT2D eigenvalue weighted by Crippen LogP contribution is 2.44. The Morgan fingerprint density at radius 3 is 2.13 bits per heavy atom. The number of likely N-dealkylation sites (N-methyl/N-ethyl adjacent to an activating group) is 1. The maximum Gasteiger partial charge on any atom is 0.407 e. The summed E-state index contributed by atoms with van der Waals surface area (Å²) in [5.74, 6) is -1.63. The Bertz CT molecular complexity index is 928. The number of aliphatic carboxylic acids is 1. The zero-order chi connectivity index (χ0) is 22.5. The minimum absolute atomic E-state index is 0.0758. The minimum atomic E-state index is -1.10. The maximum absolute atomic E-state index is 12.7. The molecular weight excluding hydrogens is 396 g/mol. The molecule has 2 amide bonds. The van der Waals surface area contributed by atoms with Gasteiger partial charge in [0, 0.05) is 13.0 Å². The molecule has 0 fully saturated rings. The van der Waals surface area contributed by atoms with Crippen LogP contribution in [0.15, 0.2) is 48.5 Å². The third-order valence-electron chi connectivity index (χ3n) is 5.80. The van der Waals surface area contributed by atoms with Crippen molar-refractivity contribution in [3.05, 3.63) is 59.7 Å². The summed E-state index contributed by atoms with van der Waals surface area (Å²) in [5, 5.41) is 11.8. The molecule has 0 aromatic heterocycles. The third-order valence-corrected chi connectivity index (χ3v) is 5.80. The molecule has 0 spiro atoms. The number of nitrogens with zero attached hydrogens (tertiary/aromatic N) is 1. The van der Waals surface area contributed by atoms with Crippen LogP contribution in [0, 0.1) is 0 Å². The molecule has 2 atom stereocenters. The summed E-state index contributed by atoms with van der Waals surface area (Å²) in [7, 11) is 1.42. The number of fused-ring (bicyclic) bond motifs is 3. The Hall–Kier alpha value is -3.35. The fourth-order valence-corrected chi connectivity index (χ4v) is 3.93. The number of rotatable bonds is 8. The fraction of sp³-hybridized carbons (Fsp3) is 0.375. The standard InChI is InChI=1S/C24H28N2O5/c1-4-9-21(22(27)26(3)15(2)23(28)29)25-24(30)31-14-20-18-12-7-5-10-16(18)17-11-6-8-13-19(17)20/h5-8,10-13,15,20-21H,4,9,14H2,1-3H3,(H,25,30)(H,28,29)/t15-,21-/m0/s1. The van der Waals surface area contributed by atoms with Gasteiger partial charge in [-0.15, -0.1) is 0 Å². The Labute approximate surface area is 182 Å². The van der Waals surface area contributed by atoms with Crippen LogP contribution in [0.4, 0.5) is 4.79 Å². The zero-order valence-electron chi connectivity index (χ0n) is 18.0. The molecule has 1 aliphatic carbocycles. The fourth-order valence-electron chi connectivity index (χ4n) is 3.93. The summed E-state index contributed by atoms with van der Waals surface area (Å²) in [5.41, 5.74) is 4.48. The lowest BCUT2D eigenvalue weighted by atomic mass is 9.98. The van der Waals surface area contributed by atoms with Gasteiger partial charge in [0.2, 0.25) is 5.91 Å². The van der Waals surface area contributed by atoms with E-state index in [9.17, 15) is 14.4 Å². The first-order valence-corrected chi connectivity index (χ1v) is 10.5. The number of carbonyl (C=O) groups is 3. The van der Waals surface area contributed by atoms with Crippen molar-refractivity contribution < 1.29 is 24.2 Å². The van der Waals surface area contributed by atoms with E-state index in [1.54, 1.807) is 0 Å². The van der Waals surface area contributed by atoms with Gasteiger partial charge in [0.05, 0.1) is 0 Å². The third kappa shape index (κ3) is 4.71. The summed E-state index contributed by atoms with van der Waals surface area (Å²) in [6.45, 7) is 3.46. The van der Waals surface area contributed by atoms with Crippen LogP contribution in [-0.2, 0) is 14.3 Å². The highest BCUT2D eigenvalue weighted by molar-refractivity contribution is 5.89. The average Bonchev–Trinajstić information content (AvgIpc) is 3.09. The van der Waals surface area contributed by atoms with Crippen molar-refractivity contribution in [2.45, 2.75) is 44.7 Å². The summed E-state index contributed by atoms with van der Waals surface area (Å²) in [6.07, 6.45) is 0.347. The molecule has 0 radical (unpaired) electrons. The normalized spacial score (nSPS) is 14.2. The summed E-state index contributed by atoms with van der Waals surface area (Å²) >= 11 is 0. The van der Waals surface area contributed by atoms with Gasteiger partial charge in [-0.3, -0.25) is 4.79 Å². The molecule has 1 aliphatic rings. The first kappa shape index (κ1) is 22.3. The van der Waals surface area contributed by atoms with Crippen LogP contribution in [0.2, 0.25) is 0 Å². The second kappa shape index (κ2) is 9.64. The molecule has 3 rings (SSSR count). The van der Waals surface area contributed by atoms with E-state index < -0.39 is 30.1 Å². The van der Waals surface area contributed by atoms with E-state index in [1.807, 2.05) is 43.3 Å². The molecule has 31 heavy (non-hydrogen) atoms. The van der Waals surface area contributed by atoms with Crippen molar-refractivity contribution in [2.75, 3.05) is 13.7 Å². The first-order chi connectivity index (χ1) is 14.8. The lowest BCUT2D eigenvalue weighted by Gasteiger charge is -2.27. The Balaban J connectivity index is 1.67. The van der Waals surface area contributed by atoms with Gasteiger partial charge < -0.3 is 20.1 Å². The van der Waals surface area contributed by atoms with Gasteiger partial charge in [0.1, 0.15) is 18.7 Å². The van der Waals surface area contributed by atoms with Crippen LogP contribution in [0.5, 0.6) is 0 Å². The Morgan fingerprint density at radius 1 is 1.06 bits per heavy atom. The SMILES string of the molecule is CCC[C@H](NC(=O)OCC1c2ccccc2-c2ccccc21)C(=O)N(C)[C@@H](C)C(=O)O. The van der Waals surface area contributed by atoms with Crippen molar-refractivity contribution in [2.24, 2.45) is 0 Å². The molecule has 0 unspecified atom stereocenters. The van der Waals surface area contributed by atoms with Crippen molar-refractivity contribution in [3.8, 4) is 11.1 Å². The largest absolute Gasteiger partial charge is 0.480 e. The summed E-state index contributed by atoms with van der Waals surface area (Å²) in [6, 6.07) is 14.3. The van der Waals surface area contributed by atoms with E-state index >= 15 is 0 Å². The molecule has 0 aliphatic heterocycles. The number of nitrogens with one attached hydrogen (secondary N) is 1. The molecule has 7 heteroatoms. The number of carboxylic acid groups (broad SMARTS) is 1. The van der Waals surface area contributed by atoms with Gasteiger partial charge in [0.15, 0.2) is 0 Å². The molecule has 2 aromatic carbocycles. The molecule has 2 N–H and O–H groups in total. The number of alkyl carbamates (subject to hydrolysis) is 1. The van der Waals surface area contributed by atoms with E-state index in [4.69, 9.17) is 9.84 Å². The molecule has 0 bridgehead atoms. The predicted molar refractivity (Wildman–Crippen MR) is 117 cm³/mol. The second-order valence-corrected chi connectivity index (χ2v) is 7.77. The monoisotopic (exact) mass is 424 g/mol. The van der Waals surface area contributed by atoms with E-state index in [-0.39, 0.29) is 12.5 Å². The van der Waals surface area contributed by atoms with Crippen molar-refractivity contribution >= 4 is 18.0 Å². The quantitative estimate of drug-likeness (QED) is 0.675. The van der Waals surface area contributed by atoms with Gasteiger partial charge in [-0.2, -0.15) is 0 Å². The van der Waals surface area contributed by atoms with Gasteiger partial charge in [-0.1, -0.05) is 61.9 Å². The van der Waals surface area contributed by atoms with Crippen LogP contribution < -0.4 is 5.32 Å². The number of benzene rings is 2. The lowest BCUT2D eigenvalue weighted by molar-refractivity contribution is -0.149. The summed E-state index contributed by atoms with van der Waals surface area (Å²) < 4.78 is 5.52. The van der Waals surface area contributed by atoms with Crippen LogP contribution in [-0.4, -0.2) is 53.7 Å². The number of ether oxygens (including phenoxy) is 1. The minimum Gasteiger partial charge on any atom is -0.480 e. The van der Waals surface area contributed by atoms with Crippen molar-refractivity contribution in [1.29, 1.82) is 0 Å². The van der Waals surface area contributed by atoms with Gasteiger partial charge in [0.25, 0.3) is 0 Å². The van der Waals surface area contributed by atoms with E-state index in [0.717, 1.165) is 27.2 Å². The zero-order valence-corrected chi connectivity index (χ0v) is 18.0. The van der Waals surface area contributed by atoms with E-state index in [0.29, 0.717) is 12.8 Å². The number of carbonyl (C=O) groups excluding carboxylic acids is 2. The molecule has 0 saturated carbocycles. The van der Waals surface area contributed by atoms with Crippen LogP contribution in [0.25, 0.3) is 11.1 Å². The topological polar surface area (TPSA) is 95.9 Å². The number of hydrogen-bond donors (Lipinski definition) is 2. The number of hydrogen-bond acceptors (Lipinski definition) is 4. The van der Waals surface area contributed by atoms with Crippen molar-refractivity contribution in [1.82, 2.24) is 10.2 Å². The van der Waals surface area contributed by atoms with Crippen molar-refractivity contribution in [3.63, 3.8) is 0 Å². The van der Waals surface area contributed by atoms with Gasteiger partial charge in [-0.05, 0) is 35.6 Å². The average molecular weight is 424 g/mol. The molecule has 7 nitrogen and oxygen atoms in total. The lowest BCUT2D eigenvalue weighted by Crippen LogP contribution is -2.51. The Kier molecular flexibility index (Phi) is 6.95. The molecule has 0 saturated heterocycles. The highest BCUT2D eigenvalue weighted by atomic mass is 16.5. The smallest absolute Gasteiger partial charge is 0.407 e. The first-order valence-electron chi connectivity index (χ1n) is 10.5. The predicted octanol–water partition coefficient (Wildman–Crippen LogP) is 3.63. The van der Waals surface area contributed by atoms with Gasteiger partial charge >= 0.3 is 12.1 Å². The van der Waals surface area contributed by atoms with Gasteiger partial charge in [-0.25, -0.2) is 9.59 Å². The highest BCUT2D eigenvalue weighted by Gasteiger charge is 2.31. The van der Waals surface area contributed by atoms with E-state index in [1.165, 1.54) is 14.0 Å². The second-order valence-electron chi connectivity index (χ2n) is 7.77. The summed E-state index contributed by atoms with van der Waals surface area (Å²) in [4.78, 5) is 37.5. The maximum atomic E-state index is 12.7. The van der Waals surface area contributed by atoms with E-state index in [2.05, 4.69) is 17.4 Å². The molecule has 2 aromatic rings. The number of amides is 2.